The Morgan fingerprint density at radius 2 is 2.24 bits per heavy atom. The molecule has 7 heteroatoms. The van der Waals surface area contributed by atoms with E-state index in [1.165, 1.54) is 6.07 Å². The van der Waals surface area contributed by atoms with E-state index in [9.17, 15) is 14.9 Å². The number of aromatic nitrogens is 1. The van der Waals surface area contributed by atoms with Gasteiger partial charge in [0, 0.05) is 12.1 Å². The van der Waals surface area contributed by atoms with Gasteiger partial charge in [-0.2, -0.15) is 0 Å². The lowest BCUT2D eigenvalue weighted by Crippen LogP contribution is -2.32. The Labute approximate surface area is 122 Å². The van der Waals surface area contributed by atoms with Crippen molar-refractivity contribution in [3.05, 3.63) is 27.9 Å². The van der Waals surface area contributed by atoms with E-state index in [0.717, 1.165) is 31.7 Å². The van der Waals surface area contributed by atoms with Crippen LogP contribution < -0.4 is 5.32 Å². The first-order valence-corrected chi connectivity index (χ1v) is 6.94. The summed E-state index contributed by atoms with van der Waals surface area (Å²) in [6, 6.07) is 2.41. The summed E-state index contributed by atoms with van der Waals surface area (Å²) in [4.78, 5) is 25.4. The van der Waals surface area contributed by atoms with Crippen LogP contribution in [0.15, 0.2) is 12.1 Å². The highest BCUT2D eigenvalue weighted by molar-refractivity contribution is 5.86. The maximum Gasteiger partial charge on any atom is 0.354 e. The van der Waals surface area contributed by atoms with Gasteiger partial charge in [0.2, 0.25) is 5.82 Å². The number of carbonyl (C=O) groups is 1. The van der Waals surface area contributed by atoms with E-state index < -0.39 is 10.9 Å². The van der Waals surface area contributed by atoms with Gasteiger partial charge in [-0.1, -0.05) is 20.3 Å². The molecule has 1 aromatic rings. The first kappa shape index (κ1) is 15.2. The second-order valence-corrected chi connectivity index (χ2v) is 6.23. The molecule has 0 amide bonds. The Balaban J connectivity index is 2.26. The second kappa shape index (κ2) is 5.67. The molecule has 1 aliphatic rings. The summed E-state index contributed by atoms with van der Waals surface area (Å²) in [5, 5.41) is 23.1. The maximum atomic E-state index is 11.1. The number of nitro groups is 1. The SMILES string of the molecule is CC1(C)CCCC(Nc2nc(C(=O)O)ccc2[N+](=O)[O-])C1. The van der Waals surface area contributed by atoms with Gasteiger partial charge in [0.15, 0.2) is 5.69 Å². The second-order valence-electron chi connectivity index (χ2n) is 6.23. The summed E-state index contributed by atoms with van der Waals surface area (Å²) in [5.74, 6) is -1.15. The molecule has 0 aliphatic heterocycles. The monoisotopic (exact) mass is 293 g/mol. The van der Waals surface area contributed by atoms with Gasteiger partial charge < -0.3 is 10.4 Å². The lowest BCUT2D eigenvalue weighted by Gasteiger charge is -2.35. The average Bonchev–Trinajstić information content (AvgIpc) is 2.37. The van der Waals surface area contributed by atoms with E-state index >= 15 is 0 Å². The topological polar surface area (TPSA) is 105 Å². The molecule has 1 unspecified atom stereocenters. The molecule has 0 bridgehead atoms. The normalized spacial score (nSPS) is 20.8. The van der Waals surface area contributed by atoms with Crippen LogP contribution in [0.25, 0.3) is 0 Å². The zero-order valence-electron chi connectivity index (χ0n) is 12.1. The Kier molecular flexibility index (Phi) is 4.11. The summed E-state index contributed by atoms with van der Waals surface area (Å²) < 4.78 is 0. The smallest absolute Gasteiger partial charge is 0.354 e. The van der Waals surface area contributed by atoms with Crippen LogP contribution in [-0.2, 0) is 0 Å². The molecule has 21 heavy (non-hydrogen) atoms. The van der Waals surface area contributed by atoms with Gasteiger partial charge in [-0.15, -0.1) is 0 Å². The van der Waals surface area contributed by atoms with Crippen LogP contribution in [0.4, 0.5) is 11.5 Å². The van der Waals surface area contributed by atoms with E-state index in [0.29, 0.717) is 0 Å². The van der Waals surface area contributed by atoms with E-state index in [1.54, 1.807) is 0 Å². The van der Waals surface area contributed by atoms with Crippen LogP contribution in [0.5, 0.6) is 0 Å². The molecule has 0 spiro atoms. The number of rotatable bonds is 4. The van der Waals surface area contributed by atoms with Crippen LogP contribution in [0.3, 0.4) is 0 Å². The average molecular weight is 293 g/mol. The molecule has 2 rings (SSSR count). The lowest BCUT2D eigenvalue weighted by atomic mass is 9.75. The van der Waals surface area contributed by atoms with Crippen molar-refractivity contribution in [2.24, 2.45) is 5.41 Å². The lowest BCUT2D eigenvalue weighted by molar-refractivity contribution is -0.384. The Morgan fingerprint density at radius 1 is 1.52 bits per heavy atom. The molecular weight excluding hydrogens is 274 g/mol. The molecule has 1 aliphatic carbocycles. The molecule has 0 aromatic carbocycles. The van der Waals surface area contributed by atoms with Crippen LogP contribution in [-0.4, -0.2) is 27.0 Å². The molecule has 1 saturated carbocycles. The van der Waals surface area contributed by atoms with Crippen molar-refractivity contribution in [2.45, 2.75) is 45.6 Å². The van der Waals surface area contributed by atoms with Crippen molar-refractivity contribution < 1.29 is 14.8 Å². The Morgan fingerprint density at radius 3 is 2.81 bits per heavy atom. The van der Waals surface area contributed by atoms with Gasteiger partial charge in [0.1, 0.15) is 0 Å². The number of nitrogens with zero attached hydrogens (tertiary/aromatic N) is 2. The minimum Gasteiger partial charge on any atom is -0.477 e. The summed E-state index contributed by atoms with van der Waals surface area (Å²) in [7, 11) is 0. The number of hydrogen-bond acceptors (Lipinski definition) is 5. The molecular formula is C14H19N3O4. The quantitative estimate of drug-likeness (QED) is 0.652. The van der Waals surface area contributed by atoms with Crippen LogP contribution in [0.1, 0.15) is 50.0 Å². The highest BCUT2D eigenvalue weighted by Crippen LogP contribution is 2.37. The van der Waals surface area contributed by atoms with Crippen molar-refractivity contribution in [1.82, 2.24) is 4.98 Å². The van der Waals surface area contributed by atoms with E-state index in [1.807, 2.05) is 0 Å². The highest BCUT2D eigenvalue weighted by Gasteiger charge is 2.30. The van der Waals surface area contributed by atoms with Gasteiger partial charge in [-0.05, 0) is 30.7 Å². The molecule has 1 aromatic heterocycles. The number of nitrogens with one attached hydrogen (secondary N) is 1. The van der Waals surface area contributed by atoms with Crippen molar-refractivity contribution >= 4 is 17.5 Å². The van der Waals surface area contributed by atoms with E-state index in [2.05, 4.69) is 24.1 Å². The zero-order valence-corrected chi connectivity index (χ0v) is 12.1. The number of pyridine rings is 1. The van der Waals surface area contributed by atoms with Gasteiger partial charge in [-0.3, -0.25) is 10.1 Å². The molecule has 0 radical (unpaired) electrons. The number of anilines is 1. The highest BCUT2D eigenvalue weighted by atomic mass is 16.6. The third-order valence-electron chi connectivity index (χ3n) is 3.84. The van der Waals surface area contributed by atoms with E-state index in [-0.39, 0.29) is 28.7 Å². The summed E-state index contributed by atoms with van der Waals surface area (Å²) >= 11 is 0. The molecule has 114 valence electrons. The molecule has 1 atom stereocenters. The summed E-state index contributed by atoms with van der Waals surface area (Å²) in [6.07, 6.45) is 3.94. The summed E-state index contributed by atoms with van der Waals surface area (Å²) in [5.41, 5.74) is -0.212. The minimum absolute atomic E-state index is 0.0441. The van der Waals surface area contributed by atoms with Gasteiger partial charge in [0.05, 0.1) is 4.92 Å². The van der Waals surface area contributed by atoms with Crippen molar-refractivity contribution in [1.29, 1.82) is 0 Å². The van der Waals surface area contributed by atoms with Crippen LogP contribution in [0.2, 0.25) is 0 Å². The standard InChI is InChI=1S/C14H19N3O4/c1-14(2)7-3-4-9(8-14)15-12-11(17(20)21)6-5-10(16-12)13(18)19/h5-6,9H,3-4,7-8H2,1-2H3,(H,15,16)(H,18,19). The van der Waals surface area contributed by atoms with Gasteiger partial charge >= 0.3 is 11.7 Å². The summed E-state index contributed by atoms with van der Waals surface area (Å²) in [6.45, 7) is 4.33. The number of carboxylic acid groups (broad SMARTS) is 1. The van der Waals surface area contributed by atoms with Crippen molar-refractivity contribution in [2.75, 3.05) is 5.32 Å². The fourth-order valence-electron chi connectivity index (χ4n) is 2.84. The molecule has 2 N–H and O–H groups in total. The fraction of sp³-hybridized carbons (Fsp3) is 0.571. The van der Waals surface area contributed by atoms with Gasteiger partial charge in [-0.25, -0.2) is 9.78 Å². The fourth-order valence-corrected chi connectivity index (χ4v) is 2.84. The molecule has 7 nitrogen and oxygen atoms in total. The van der Waals surface area contributed by atoms with Crippen molar-refractivity contribution in [3.63, 3.8) is 0 Å². The number of aromatic carboxylic acids is 1. The maximum absolute atomic E-state index is 11.1. The third-order valence-corrected chi connectivity index (χ3v) is 3.84. The Hall–Kier alpha value is -2.18. The van der Waals surface area contributed by atoms with Crippen LogP contribution >= 0.6 is 0 Å². The molecule has 1 heterocycles. The predicted molar refractivity (Wildman–Crippen MR) is 77.5 cm³/mol. The van der Waals surface area contributed by atoms with E-state index in [4.69, 9.17) is 5.11 Å². The number of carboxylic acids is 1. The largest absolute Gasteiger partial charge is 0.477 e. The van der Waals surface area contributed by atoms with Crippen molar-refractivity contribution in [3.8, 4) is 0 Å². The third kappa shape index (κ3) is 3.68. The first-order chi connectivity index (χ1) is 9.78. The first-order valence-electron chi connectivity index (χ1n) is 6.94. The molecule has 0 saturated heterocycles. The predicted octanol–water partition coefficient (Wildman–Crippen LogP) is 3.07. The Bertz CT molecular complexity index is 571. The van der Waals surface area contributed by atoms with Gasteiger partial charge in [0.25, 0.3) is 0 Å². The number of hydrogen-bond donors (Lipinski definition) is 2. The zero-order chi connectivity index (χ0) is 15.6. The van der Waals surface area contributed by atoms with Crippen LogP contribution in [0, 0.1) is 15.5 Å². The molecule has 1 fully saturated rings. The minimum atomic E-state index is -1.20.